The number of aromatic nitrogens is 1. The number of esters is 1. The highest BCUT2D eigenvalue weighted by molar-refractivity contribution is 7.09. The normalized spacial score (nSPS) is 13.5. The van der Waals surface area contributed by atoms with E-state index in [2.05, 4.69) is 10.3 Å². The summed E-state index contributed by atoms with van der Waals surface area (Å²) in [5, 5.41) is 4.75. The van der Waals surface area contributed by atoms with Gasteiger partial charge in [-0.15, -0.1) is 11.3 Å². The summed E-state index contributed by atoms with van der Waals surface area (Å²) in [6.07, 6.45) is 1.88. The van der Waals surface area contributed by atoms with Crippen LogP contribution in [0.25, 0.3) is 0 Å². The van der Waals surface area contributed by atoms with Crippen LogP contribution < -0.4 is 5.32 Å². The summed E-state index contributed by atoms with van der Waals surface area (Å²) >= 11 is 1.21. The van der Waals surface area contributed by atoms with E-state index in [9.17, 15) is 19.2 Å². The molecule has 0 radical (unpaired) electrons. The summed E-state index contributed by atoms with van der Waals surface area (Å²) in [7, 11) is 1.78. The molecule has 8 nitrogen and oxygen atoms in total. The standard InChI is InChI=1S/C27H37N3O5S/c1-7-8-14-24(32)30(6)22(17(2)3)15-23(35-19(5)31)27-29-21(16-36-27)26(34)28-18(4)25(33)20-12-10-9-11-13-20/h9-13,16-18,22-23H,7-8,14-15H2,1-6H3,(H,28,34)/t18-,22?,23-/m1/s1. The highest BCUT2D eigenvalue weighted by Crippen LogP contribution is 2.30. The van der Waals surface area contributed by atoms with E-state index < -0.39 is 24.0 Å². The molecule has 2 rings (SSSR count). The van der Waals surface area contributed by atoms with Gasteiger partial charge < -0.3 is 15.0 Å². The summed E-state index contributed by atoms with van der Waals surface area (Å²) in [5.74, 6) is -0.985. The Hall–Kier alpha value is -3.07. The Morgan fingerprint density at radius 3 is 2.36 bits per heavy atom. The van der Waals surface area contributed by atoms with Crippen molar-refractivity contribution in [3.63, 3.8) is 0 Å². The highest BCUT2D eigenvalue weighted by Gasteiger charge is 2.30. The smallest absolute Gasteiger partial charge is 0.303 e. The average molecular weight is 516 g/mol. The minimum absolute atomic E-state index is 0.0494. The van der Waals surface area contributed by atoms with E-state index >= 15 is 0 Å². The van der Waals surface area contributed by atoms with E-state index in [0.29, 0.717) is 23.4 Å². The van der Waals surface area contributed by atoms with Gasteiger partial charge >= 0.3 is 5.97 Å². The lowest BCUT2D eigenvalue weighted by Crippen LogP contribution is -2.41. The van der Waals surface area contributed by atoms with Gasteiger partial charge in [0, 0.05) is 43.8 Å². The van der Waals surface area contributed by atoms with Crippen LogP contribution in [0.4, 0.5) is 0 Å². The second-order valence-electron chi connectivity index (χ2n) is 9.25. The number of nitrogens with one attached hydrogen (secondary N) is 1. The van der Waals surface area contributed by atoms with Crippen molar-refractivity contribution in [3.05, 3.63) is 52.0 Å². The van der Waals surface area contributed by atoms with Crippen molar-refractivity contribution in [1.29, 1.82) is 0 Å². The van der Waals surface area contributed by atoms with Crippen LogP contribution >= 0.6 is 11.3 Å². The van der Waals surface area contributed by atoms with Gasteiger partial charge in [-0.05, 0) is 19.3 Å². The molecule has 0 saturated carbocycles. The first-order valence-electron chi connectivity index (χ1n) is 12.3. The second kappa shape index (κ2) is 13.9. The zero-order valence-electron chi connectivity index (χ0n) is 21.9. The fourth-order valence-electron chi connectivity index (χ4n) is 3.91. The van der Waals surface area contributed by atoms with Crippen molar-refractivity contribution in [1.82, 2.24) is 15.2 Å². The number of unbranched alkanes of at least 4 members (excludes halogenated alkanes) is 1. The number of benzene rings is 1. The van der Waals surface area contributed by atoms with E-state index in [-0.39, 0.29) is 29.3 Å². The summed E-state index contributed by atoms with van der Waals surface area (Å²) in [4.78, 5) is 56.1. The molecule has 0 aliphatic heterocycles. The highest BCUT2D eigenvalue weighted by atomic mass is 32.1. The Bertz CT molecular complexity index is 1040. The van der Waals surface area contributed by atoms with Gasteiger partial charge in [0.15, 0.2) is 11.9 Å². The van der Waals surface area contributed by atoms with Gasteiger partial charge in [-0.25, -0.2) is 4.98 Å². The van der Waals surface area contributed by atoms with Gasteiger partial charge in [-0.2, -0.15) is 0 Å². The minimum Gasteiger partial charge on any atom is -0.455 e. The van der Waals surface area contributed by atoms with Crippen LogP contribution in [-0.4, -0.2) is 52.6 Å². The third kappa shape index (κ3) is 8.26. The molecule has 36 heavy (non-hydrogen) atoms. The Labute approximate surface area is 217 Å². The van der Waals surface area contributed by atoms with Crippen LogP contribution in [-0.2, 0) is 14.3 Å². The first kappa shape index (κ1) is 29.2. The molecule has 0 aliphatic carbocycles. The van der Waals surface area contributed by atoms with Crippen molar-refractivity contribution in [3.8, 4) is 0 Å². The van der Waals surface area contributed by atoms with Crippen molar-refractivity contribution in [2.75, 3.05) is 7.05 Å². The summed E-state index contributed by atoms with van der Waals surface area (Å²) in [6.45, 7) is 9.03. The van der Waals surface area contributed by atoms with Crippen LogP contribution in [0, 0.1) is 5.92 Å². The van der Waals surface area contributed by atoms with Crippen LogP contribution in [0.3, 0.4) is 0 Å². The van der Waals surface area contributed by atoms with E-state index in [1.807, 2.05) is 26.8 Å². The summed E-state index contributed by atoms with van der Waals surface area (Å²) in [6, 6.07) is 7.84. The predicted octanol–water partition coefficient (Wildman–Crippen LogP) is 4.81. The lowest BCUT2D eigenvalue weighted by molar-refractivity contribution is -0.148. The molecular weight excluding hydrogens is 478 g/mol. The molecule has 1 aromatic carbocycles. The predicted molar refractivity (Wildman–Crippen MR) is 140 cm³/mol. The molecule has 1 heterocycles. The fourth-order valence-corrected chi connectivity index (χ4v) is 4.75. The number of hydrogen-bond donors (Lipinski definition) is 1. The van der Waals surface area contributed by atoms with Gasteiger partial charge in [-0.1, -0.05) is 57.5 Å². The number of rotatable bonds is 13. The van der Waals surface area contributed by atoms with Crippen molar-refractivity contribution >= 4 is 34.9 Å². The molecule has 2 aromatic rings. The van der Waals surface area contributed by atoms with Gasteiger partial charge in [0.25, 0.3) is 5.91 Å². The summed E-state index contributed by atoms with van der Waals surface area (Å²) < 4.78 is 5.58. The molecule has 0 saturated heterocycles. The monoisotopic (exact) mass is 515 g/mol. The molecule has 1 aromatic heterocycles. The quantitative estimate of drug-likeness (QED) is 0.303. The Kier molecular flexibility index (Phi) is 11.2. The molecule has 1 unspecified atom stereocenters. The number of thiazole rings is 1. The van der Waals surface area contributed by atoms with Crippen LogP contribution in [0.2, 0.25) is 0 Å². The van der Waals surface area contributed by atoms with Crippen molar-refractivity contribution < 1.29 is 23.9 Å². The Morgan fingerprint density at radius 1 is 1.11 bits per heavy atom. The Balaban J connectivity index is 2.16. The molecule has 0 bridgehead atoms. The minimum atomic E-state index is -0.734. The summed E-state index contributed by atoms with van der Waals surface area (Å²) in [5.41, 5.74) is 0.657. The zero-order valence-corrected chi connectivity index (χ0v) is 22.8. The maximum absolute atomic E-state index is 12.8. The topological polar surface area (TPSA) is 106 Å². The molecule has 196 valence electrons. The molecule has 1 N–H and O–H groups in total. The molecule has 3 atom stereocenters. The first-order chi connectivity index (χ1) is 17.0. The molecule has 9 heteroatoms. The van der Waals surface area contributed by atoms with Crippen LogP contribution in [0.5, 0.6) is 0 Å². The van der Waals surface area contributed by atoms with Crippen LogP contribution in [0.1, 0.15) is 92.3 Å². The first-order valence-corrected chi connectivity index (χ1v) is 13.2. The van der Waals surface area contributed by atoms with Crippen molar-refractivity contribution in [2.24, 2.45) is 5.92 Å². The molecular formula is C27H37N3O5S. The number of nitrogens with zero attached hydrogens (tertiary/aromatic N) is 2. The Morgan fingerprint density at radius 2 is 1.78 bits per heavy atom. The van der Waals surface area contributed by atoms with E-state index in [1.165, 1.54) is 18.3 Å². The molecule has 0 fully saturated rings. The number of ether oxygens (including phenoxy) is 1. The largest absolute Gasteiger partial charge is 0.455 e. The SMILES string of the molecule is CCCCC(=O)N(C)C(C[C@@H](OC(C)=O)c1nc(C(=O)N[C@H](C)C(=O)c2ccccc2)cs1)C(C)C. The molecule has 0 aliphatic rings. The third-order valence-electron chi connectivity index (χ3n) is 6.00. The third-order valence-corrected chi connectivity index (χ3v) is 6.93. The number of ketones is 1. The lowest BCUT2D eigenvalue weighted by atomic mass is 9.96. The molecule has 0 spiro atoms. The number of carbonyl (C=O) groups excluding carboxylic acids is 4. The average Bonchev–Trinajstić information content (AvgIpc) is 3.34. The maximum Gasteiger partial charge on any atom is 0.303 e. The van der Waals surface area contributed by atoms with Gasteiger partial charge in [-0.3, -0.25) is 19.2 Å². The number of amides is 2. The number of Topliss-reactive ketones (excluding diaryl/α,β-unsaturated/α-hetero) is 1. The van der Waals surface area contributed by atoms with Crippen LogP contribution in [0.15, 0.2) is 35.7 Å². The number of hydrogen-bond acceptors (Lipinski definition) is 7. The van der Waals surface area contributed by atoms with Crippen molar-refractivity contribution in [2.45, 2.75) is 78.5 Å². The van der Waals surface area contributed by atoms with Gasteiger partial charge in [0.05, 0.1) is 6.04 Å². The van der Waals surface area contributed by atoms with Gasteiger partial charge in [0.2, 0.25) is 5.91 Å². The van der Waals surface area contributed by atoms with E-state index in [4.69, 9.17) is 4.74 Å². The zero-order chi connectivity index (χ0) is 26.8. The maximum atomic E-state index is 12.8. The number of carbonyl (C=O) groups is 4. The fraction of sp³-hybridized carbons (Fsp3) is 0.519. The van der Waals surface area contributed by atoms with E-state index in [1.54, 1.807) is 48.5 Å². The second-order valence-corrected chi connectivity index (χ2v) is 10.1. The van der Waals surface area contributed by atoms with E-state index in [0.717, 1.165) is 12.8 Å². The van der Waals surface area contributed by atoms with Gasteiger partial charge in [0.1, 0.15) is 10.7 Å². The molecule has 2 amide bonds. The lowest BCUT2D eigenvalue weighted by Gasteiger charge is -2.33.